The van der Waals surface area contributed by atoms with Crippen molar-refractivity contribution in [2.45, 2.75) is 25.7 Å². The molecule has 17 heavy (non-hydrogen) atoms. The number of hydrogen-bond donors (Lipinski definition) is 0. The van der Waals surface area contributed by atoms with Gasteiger partial charge in [-0.25, -0.2) is 8.78 Å². The van der Waals surface area contributed by atoms with Gasteiger partial charge in [0.15, 0.2) is 17.4 Å². The lowest BCUT2D eigenvalue weighted by molar-refractivity contribution is 0.0951. The molecular weight excluding hydrogens is 222 g/mol. The Morgan fingerprint density at radius 3 is 2.41 bits per heavy atom. The molecule has 2 aliphatic rings. The molecule has 2 unspecified atom stereocenters. The lowest BCUT2D eigenvalue weighted by Crippen LogP contribution is -2.08. The minimum atomic E-state index is -0.985. The summed E-state index contributed by atoms with van der Waals surface area (Å²) in [6.07, 6.45) is 4.46. The highest BCUT2D eigenvalue weighted by molar-refractivity contribution is 6.00. The largest absolute Gasteiger partial charge is 0.294 e. The van der Waals surface area contributed by atoms with Crippen molar-refractivity contribution >= 4 is 5.78 Å². The zero-order valence-corrected chi connectivity index (χ0v) is 9.46. The Labute approximate surface area is 98.8 Å². The first-order chi connectivity index (χ1) is 8.20. The van der Waals surface area contributed by atoms with Gasteiger partial charge in [-0.15, -0.1) is 0 Å². The maximum Gasteiger partial charge on any atom is 0.169 e. The molecule has 1 aromatic carbocycles. The average Bonchev–Trinajstić information content (AvgIpc) is 3.06. The van der Waals surface area contributed by atoms with Crippen LogP contribution in [0.5, 0.6) is 0 Å². The summed E-state index contributed by atoms with van der Waals surface area (Å²) in [6, 6.07) is 3.84. The Hall–Kier alpha value is -1.25. The van der Waals surface area contributed by atoms with Crippen LogP contribution in [0.3, 0.4) is 0 Å². The smallest absolute Gasteiger partial charge is 0.169 e. The maximum absolute atomic E-state index is 13.5. The number of rotatable bonds is 2. The maximum atomic E-state index is 13.5. The van der Waals surface area contributed by atoms with Crippen LogP contribution in [0.1, 0.15) is 36.0 Å². The van der Waals surface area contributed by atoms with Gasteiger partial charge in [0, 0.05) is 5.92 Å². The van der Waals surface area contributed by atoms with E-state index in [4.69, 9.17) is 0 Å². The van der Waals surface area contributed by atoms with Crippen LogP contribution in [0, 0.1) is 29.4 Å². The van der Waals surface area contributed by atoms with E-state index in [1.165, 1.54) is 12.1 Å². The van der Waals surface area contributed by atoms with Crippen LogP contribution in [-0.2, 0) is 0 Å². The molecule has 2 saturated carbocycles. The fourth-order valence-electron chi connectivity index (χ4n) is 3.25. The van der Waals surface area contributed by atoms with E-state index in [0.29, 0.717) is 11.8 Å². The van der Waals surface area contributed by atoms with Crippen molar-refractivity contribution in [1.29, 1.82) is 0 Å². The summed E-state index contributed by atoms with van der Waals surface area (Å²) < 4.78 is 26.6. The average molecular weight is 236 g/mol. The fourth-order valence-corrected chi connectivity index (χ4v) is 3.25. The van der Waals surface area contributed by atoms with E-state index in [0.717, 1.165) is 31.7 Å². The van der Waals surface area contributed by atoms with Crippen LogP contribution in [0.4, 0.5) is 8.78 Å². The van der Waals surface area contributed by atoms with Crippen LogP contribution < -0.4 is 0 Å². The molecule has 3 heteroatoms. The highest BCUT2D eigenvalue weighted by Gasteiger charge is 2.54. The lowest BCUT2D eigenvalue weighted by Gasteiger charge is -2.04. The first-order valence-corrected chi connectivity index (χ1v) is 6.18. The van der Waals surface area contributed by atoms with E-state index in [-0.39, 0.29) is 17.3 Å². The van der Waals surface area contributed by atoms with Crippen LogP contribution in [0.15, 0.2) is 18.2 Å². The van der Waals surface area contributed by atoms with E-state index < -0.39 is 11.6 Å². The third-order valence-electron chi connectivity index (χ3n) is 4.18. The topological polar surface area (TPSA) is 17.1 Å². The summed E-state index contributed by atoms with van der Waals surface area (Å²) in [4.78, 5) is 12.1. The molecule has 0 spiro atoms. The van der Waals surface area contributed by atoms with Crippen molar-refractivity contribution in [3.8, 4) is 0 Å². The number of ketones is 1. The number of Topliss-reactive ketones (excluding diaryl/α,β-unsaturated/α-hetero) is 1. The number of benzene rings is 1. The van der Waals surface area contributed by atoms with Gasteiger partial charge < -0.3 is 0 Å². The Kier molecular flexibility index (Phi) is 2.49. The second kappa shape index (κ2) is 3.90. The van der Waals surface area contributed by atoms with Gasteiger partial charge in [0.1, 0.15) is 0 Å². The number of carbonyl (C=O) groups excluding carboxylic acids is 1. The minimum absolute atomic E-state index is 0.0474. The standard InChI is InChI=1S/C14H14F2O/c15-11-7-3-6-10(13(11)16)14(17)12-8-4-1-2-5-9(8)12/h3,6-9,12H,1-2,4-5H2. The van der Waals surface area contributed by atoms with Gasteiger partial charge in [0.25, 0.3) is 0 Å². The van der Waals surface area contributed by atoms with Crippen molar-refractivity contribution in [1.82, 2.24) is 0 Å². The second-order valence-electron chi connectivity index (χ2n) is 5.10. The molecule has 2 aliphatic carbocycles. The molecule has 0 heterocycles. The number of halogens is 2. The van der Waals surface area contributed by atoms with E-state index in [2.05, 4.69) is 0 Å². The van der Waals surface area contributed by atoms with E-state index in [1.807, 2.05) is 0 Å². The fraction of sp³-hybridized carbons (Fsp3) is 0.500. The first-order valence-electron chi connectivity index (χ1n) is 6.18. The molecule has 2 atom stereocenters. The van der Waals surface area contributed by atoms with Gasteiger partial charge in [0.05, 0.1) is 5.56 Å². The van der Waals surface area contributed by atoms with Crippen LogP contribution in [0.2, 0.25) is 0 Å². The number of fused-ring (bicyclic) bond motifs is 1. The monoisotopic (exact) mass is 236 g/mol. The van der Waals surface area contributed by atoms with Crippen molar-refractivity contribution < 1.29 is 13.6 Å². The van der Waals surface area contributed by atoms with Gasteiger partial charge in [-0.1, -0.05) is 18.9 Å². The van der Waals surface area contributed by atoms with Crippen LogP contribution in [0.25, 0.3) is 0 Å². The van der Waals surface area contributed by atoms with E-state index in [9.17, 15) is 13.6 Å². The normalized spacial score (nSPS) is 30.8. The number of hydrogen-bond acceptors (Lipinski definition) is 1. The van der Waals surface area contributed by atoms with Crippen molar-refractivity contribution in [3.63, 3.8) is 0 Å². The third-order valence-corrected chi connectivity index (χ3v) is 4.18. The zero-order chi connectivity index (χ0) is 12.0. The first kappa shape index (κ1) is 10.9. The molecule has 1 aromatic rings. The second-order valence-corrected chi connectivity index (χ2v) is 5.10. The van der Waals surface area contributed by atoms with Crippen LogP contribution in [-0.4, -0.2) is 5.78 Å². The lowest BCUT2D eigenvalue weighted by atomic mass is 10.0. The predicted molar refractivity (Wildman–Crippen MR) is 59.6 cm³/mol. The van der Waals surface area contributed by atoms with Gasteiger partial charge in [-0.2, -0.15) is 0 Å². The molecule has 0 N–H and O–H groups in total. The number of carbonyl (C=O) groups is 1. The Morgan fingerprint density at radius 2 is 1.76 bits per heavy atom. The summed E-state index contributed by atoms with van der Waals surface area (Å²) in [7, 11) is 0. The quantitative estimate of drug-likeness (QED) is 0.717. The molecule has 90 valence electrons. The molecular formula is C14H14F2O. The van der Waals surface area contributed by atoms with Crippen molar-refractivity contribution in [2.24, 2.45) is 17.8 Å². The van der Waals surface area contributed by atoms with Crippen molar-refractivity contribution in [2.75, 3.05) is 0 Å². The molecule has 0 aliphatic heterocycles. The molecule has 3 rings (SSSR count). The van der Waals surface area contributed by atoms with Gasteiger partial charge in [-0.3, -0.25) is 4.79 Å². The predicted octanol–water partition coefficient (Wildman–Crippen LogP) is 3.58. The molecule has 0 saturated heterocycles. The molecule has 0 radical (unpaired) electrons. The third kappa shape index (κ3) is 1.68. The molecule has 0 bridgehead atoms. The van der Waals surface area contributed by atoms with Crippen molar-refractivity contribution in [3.05, 3.63) is 35.4 Å². The van der Waals surface area contributed by atoms with Gasteiger partial charge in [-0.05, 0) is 36.8 Å². The summed E-state index contributed by atoms with van der Waals surface area (Å²) >= 11 is 0. The molecule has 2 fully saturated rings. The summed E-state index contributed by atoms with van der Waals surface area (Å²) in [5, 5.41) is 0. The highest BCUT2D eigenvalue weighted by Crippen LogP contribution is 2.56. The zero-order valence-electron chi connectivity index (χ0n) is 9.46. The summed E-state index contributed by atoms with van der Waals surface area (Å²) in [6.45, 7) is 0. The van der Waals surface area contributed by atoms with Gasteiger partial charge >= 0.3 is 0 Å². The summed E-state index contributed by atoms with van der Waals surface area (Å²) in [5.74, 6) is -1.30. The van der Waals surface area contributed by atoms with Gasteiger partial charge in [0.2, 0.25) is 0 Å². The Bertz CT molecular complexity index is 457. The molecule has 0 aromatic heterocycles. The Morgan fingerprint density at radius 1 is 1.12 bits per heavy atom. The molecule has 0 amide bonds. The summed E-state index contributed by atoms with van der Waals surface area (Å²) in [5.41, 5.74) is -0.0654. The highest BCUT2D eigenvalue weighted by atomic mass is 19.2. The molecule has 1 nitrogen and oxygen atoms in total. The minimum Gasteiger partial charge on any atom is -0.294 e. The SMILES string of the molecule is O=C(c1cccc(F)c1F)C1C2CCCCC21. The van der Waals surface area contributed by atoms with E-state index >= 15 is 0 Å². The van der Waals surface area contributed by atoms with E-state index in [1.54, 1.807) is 0 Å². The Balaban J connectivity index is 1.85. The van der Waals surface area contributed by atoms with Crippen LogP contribution >= 0.6 is 0 Å².